The van der Waals surface area contributed by atoms with E-state index in [2.05, 4.69) is 5.32 Å². The predicted octanol–water partition coefficient (Wildman–Crippen LogP) is 0.511. The molecule has 0 aromatic heterocycles. The number of carboxylic acid groups (broad SMARTS) is 1. The number of nitrogens with zero attached hydrogens (tertiary/aromatic N) is 1. The van der Waals surface area contributed by atoms with Crippen molar-refractivity contribution in [2.75, 3.05) is 6.54 Å². The minimum Gasteiger partial charge on any atom is -0.479 e. The van der Waals surface area contributed by atoms with Crippen molar-refractivity contribution in [1.29, 1.82) is 0 Å². The van der Waals surface area contributed by atoms with Gasteiger partial charge in [-0.3, -0.25) is 9.59 Å². The molecular formula is C13H20N2O4. The molecule has 0 saturated carbocycles. The largest absolute Gasteiger partial charge is 0.479 e. The summed E-state index contributed by atoms with van der Waals surface area (Å²) in [6.45, 7) is 2.39. The first-order valence-electron chi connectivity index (χ1n) is 6.85. The highest BCUT2D eigenvalue weighted by Gasteiger charge is 2.50. The minimum absolute atomic E-state index is 0.131. The van der Waals surface area contributed by atoms with Crippen molar-refractivity contribution in [2.45, 2.75) is 57.0 Å². The fourth-order valence-corrected chi connectivity index (χ4v) is 3.19. The molecule has 2 aliphatic rings. The normalized spacial score (nSPS) is 30.5. The van der Waals surface area contributed by atoms with Crippen LogP contribution in [0, 0.1) is 0 Å². The Hall–Kier alpha value is -1.59. The number of amides is 2. The Labute approximate surface area is 112 Å². The number of hydrogen-bond acceptors (Lipinski definition) is 3. The zero-order chi connectivity index (χ0) is 14.0. The van der Waals surface area contributed by atoms with Crippen LogP contribution in [0.15, 0.2) is 0 Å². The molecule has 2 aliphatic heterocycles. The molecule has 2 fully saturated rings. The van der Waals surface area contributed by atoms with Gasteiger partial charge in [0.15, 0.2) is 0 Å². The van der Waals surface area contributed by atoms with Crippen LogP contribution in [-0.2, 0) is 14.4 Å². The van der Waals surface area contributed by atoms with Crippen LogP contribution >= 0.6 is 0 Å². The average Bonchev–Trinajstić information content (AvgIpc) is 2.96. The third-order valence-electron chi connectivity index (χ3n) is 4.11. The first kappa shape index (κ1) is 13.8. The quantitative estimate of drug-likeness (QED) is 0.778. The van der Waals surface area contributed by atoms with Crippen LogP contribution in [0.4, 0.5) is 0 Å². The summed E-state index contributed by atoms with van der Waals surface area (Å²) in [5, 5.41) is 12.2. The summed E-state index contributed by atoms with van der Waals surface area (Å²) in [5.74, 6) is -1.29. The van der Waals surface area contributed by atoms with Gasteiger partial charge in [-0.25, -0.2) is 4.79 Å². The summed E-state index contributed by atoms with van der Waals surface area (Å²) < 4.78 is 0. The summed E-state index contributed by atoms with van der Waals surface area (Å²) in [5.41, 5.74) is -1.07. The van der Waals surface area contributed by atoms with E-state index in [1.54, 1.807) is 0 Å². The molecule has 2 amide bonds. The Morgan fingerprint density at radius 2 is 2.26 bits per heavy atom. The molecule has 0 aromatic rings. The van der Waals surface area contributed by atoms with Gasteiger partial charge >= 0.3 is 5.97 Å². The lowest BCUT2D eigenvalue weighted by Gasteiger charge is -2.36. The Morgan fingerprint density at radius 1 is 1.53 bits per heavy atom. The molecule has 0 bridgehead atoms. The van der Waals surface area contributed by atoms with Gasteiger partial charge in [-0.15, -0.1) is 0 Å². The molecule has 2 N–H and O–H groups in total. The van der Waals surface area contributed by atoms with E-state index in [4.69, 9.17) is 0 Å². The highest BCUT2D eigenvalue weighted by molar-refractivity contribution is 5.94. The molecule has 106 valence electrons. The number of carboxylic acids is 1. The highest BCUT2D eigenvalue weighted by Crippen LogP contribution is 2.35. The number of rotatable bonds is 4. The van der Waals surface area contributed by atoms with Crippen LogP contribution in [0.1, 0.15) is 45.4 Å². The van der Waals surface area contributed by atoms with Crippen molar-refractivity contribution in [3.8, 4) is 0 Å². The zero-order valence-corrected chi connectivity index (χ0v) is 11.1. The Kier molecular flexibility index (Phi) is 3.78. The van der Waals surface area contributed by atoms with E-state index in [0.717, 1.165) is 0 Å². The highest BCUT2D eigenvalue weighted by atomic mass is 16.4. The standard InChI is InChI=1S/C13H20N2O4/c1-2-6-13(12(18)19)7-3-8-15(13)11(17)9-4-5-10(16)14-9/h9H,2-8H2,1H3,(H,14,16)(H,18,19)/t9-,13?/m1/s1. The van der Waals surface area contributed by atoms with Crippen molar-refractivity contribution in [3.05, 3.63) is 0 Å². The Morgan fingerprint density at radius 3 is 2.79 bits per heavy atom. The number of hydrogen-bond donors (Lipinski definition) is 2. The molecule has 0 radical (unpaired) electrons. The average molecular weight is 268 g/mol. The summed E-state index contributed by atoms with van der Waals surface area (Å²) in [6, 6.07) is -0.541. The molecule has 2 rings (SSSR count). The maximum atomic E-state index is 12.4. The van der Waals surface area contributed by atoms with E-state index in [9.17, 15) is 19.5 Å². The van der Waals surface area contributed by atoms with Gasteiger partial charge in [0.05, 0.1) is 0 Å². The summed E-state index contributed by atoms with van der Waals surface area (Å²) in [7, 11) is 0. The smallest absolute Gasteiger partial charge is 0.329 e. The van der Waals surface area contributed by atoms with E-state index in [-0.39, 0.29) is 11.8 Å². The first-order chi connectivity index (χ1) is 9.01. The van der Waals surface area contributed by atoms with Gasteiger partial charge in [0.2, 0.25) is 11.8 Å². The SMILES string of the molecule is CCCC1(C(=O)O)CCCN1C(=O)[C@H]1CCC(=O)N1. The van der Waals surface area contributed by atoms with Crippen molar-refractivity contribution < 1.29 is 19.5 Å². The van der Waals surface area contributed by atoms with Crippen LogP contribution in [0.5, 0.6) is 0 Å². The third kappa shape index (κ3) is 2.31. The fourth-order valence-electron chi connectivity index (χ4n) is 3.19. The molecule has 6 nitrogen and oxygen atoms in total. The molecular weight excluding hydrogens is 248 g/mol. The van der Waals surface area contributed by atoms with Gasteiger partial charge in [-0.05, 0) is 25.7 Å². The van der Waals surface area contributed by atoms with Crippen molar-refractivity contribution in [2.24, 2.45) is 0 Å². The lowest BCUT2D eigenvalue weighted by molar-refractivity contribution is -0.157. The second-order valence-corrected chi connectivity index (χ2v) is 5.34. The van der Waals surface area contributed by atoms with Crippen LogP contribution in [0.2, 0.25) is 0 Å². The van der Waals surface area contributed by atoms with Gasteiger partial charge in [0, 0.05) is 13.0 Å². The number of nitrogens with one attached hydrogen (secondary N) is 1. The third-order valence-corrected chi connectivity index (χ3v) is 4.11. The molecule has 0 aromatic carbocycles. The van der Waals surface area contributed by atoms with Crippen LogP contribution in [0.25, 0.3) is 0 Å². The van der Waals surface area contributed by atoms with E-state index in [1.807, 2.05) is 6.92 Å². The summed E-state index contributed by atoms with van der Waals surface area (Å²) in [6.07, 6.45) is 3.21. The number of likely N-dealkylation sites (tertiary alicyclic amines) is 1. The second-order valence-electron chi connectivity index (χ2n) is 5.34. The zero-order valence-electron chi connectivity index (χ0n) is 11.1. The molecule has 2 heterocycles. The molecule has 0 aliphatic carbocycles. The topological polar surface area (TPSA) is 86.7 Å². The van der Waals surface area contributed by atoms with Gasteiger partial charge in [-0.2, -0.15) is 0 Å². The molecule has 1 unspecified atom stereocenters. The van der Waals surface area contributed by atoms with E-state index in [0.29, 0.717) is 45.1 Å². The molecule has 6 heteroatoms. The molecule has 2 saturated heterocycles. The fraction of sp³-hybridized carbons (Fsp3) is 0.769. The van der Waals surface area contributed by atoms with Crippen LogP contribution in [-0.4, -0.2) is 45.9 Å². The van der Waals surface area contributed by atoms with Crippen molar-refractivity contribution in [3.63, 3.8) is 0 Å². The van der Waals surface area contributed by atoms with Gasteiger partial charge in [0.25, 0.3) is 0 Å². The van der Waals surface area contributed by atoms with Crippen LogP contribution < -0.4 is 5.32 Å². The Bertz CT molecular complexity index is 409. The lowest BCUT2D eigenvalue weighted by Crippen LogP contribution is -2.57. The summed E-state index contributed by atoms with van der Waals surface area (Å²) >= 11 is 0. The number of carbonyl (C=O) groups is 3. The number of aliphatic carboxylic acids is 1. The monoisotopic (exact) mass is 268 g/mol. The number of carbonyl (C=O) groups excluding carboxylic acids is 2. The van der Waals surface area contributed by atoms with Gasteiger partial charge in [-0.1, -0.05) is 13.3 Å². The lowest BCUT2D eigenvalue weighted by atomic mass is 9.90. The van der Waals surface area contributed by atoms with Gasteiger partial charge in [0.1, 0.15) is 11.6 Å². The molecule has 19 heavy (non-hydrogen) atoms. The first-order valence-corrected chi connectivity index (χ1v) is 6.85. The second kappa shape index (κ2) is 5.19. The minimum atomic E-state index is -1.07. The van der Waals surface area contributed by atoms with Crippen LogP contribution in [0.3, 0.4) is 0 Å². The molecule has 0 spiro atoms. The van der Waals surface area contributed by atoms with Crippen molar-refractivity contribution >= 4 is 17.8 Å². The maximum Gasteiger partial charge on any atom is 0.329 e. The van der Waals surface area contributed by atoms with Crippen molar-refractivity contribution in [1.82, 2.24) is 10.2 Å². The Balaban J connectivity index is 2.19. The van der Waals surface area contributed by atoms with E-state index in [1.165, 1.54) is 4.90 Å². The van der Waals surface area contributed by atoms with Gasteiger partial charge < -0.3 is 15.3 Å². The molecule has 2 atom stereocenters. The van der Waals surface area contributed by atoms with E-state index >= 15 is 0 Å². The summed E-state index contributed by atoms with van der Waals surface area (Å²) in [4.78, 5) is 36.7. The predicted molar refractivity (Wildman–Crippen MR) is 67.4 cm³/mol. The van der Waals surface area contributed by atoms with E-state index < -0.39 is 17.6 Å². The maximum absolute atomic E-state index is 12.4.